The van der Waals surface area contributed by atoms with Crippen molar-refractivity contribution in [1.82, 2.24) is 0 Å². The number of rotatable bonds is 2. The van der Waals surface area contributed by atoms with Crippen LogP contribution in [-0.4, -0.2) is 17.0 Å². The molecule has 112 valence electrons. The van der Waals surface area contributed by atoms with Crippen molar-refractivity contribution >= 4 is 5.78 Å². The van der Waals surface area contributed by atoms with Crippen molar-refractivity contribution in [3.63, 3.8) is 0 Å². The van der Waals surface area contributed by atoms with Gasteiger partial charge in [0.1, 0.15) is 0 Å². The Kier molecular flexibility index (Phi) is 6.94. The third kappa shape index (κ3) is 5.09. The minimum absolute atomic E-state index is 0.0877. The predicted octanol–water partition coefficient (Wildman–Crippen LogP) is 4.39. The van der Waals surface area contributed by atoms with Gasteiger partial charge in [-0.25, -0.2) is 0 Å². The molecule has 2 nitrogen and oxygen atoms in total. The van der Waals surface area contributed by atoms with E-state index in [1.54, 1.807) is 6.92 Å². The lowest BCUT2D eigenvalue weighted by atomic mass is 9.78. The molecule has 1 saturated carbocycles. The molecule has 2 rings (SSSR count). The molecule has 1 aromatic rings. The molecule has 0 bridgehead atoms. The fourth-order valence-corrected chi connectivity index (χ4v) is 3.03. The fraction of sp³-hybridized carbons (Fsp3) is 0.611. The largest absolute Gasteiger partial charge is 0.393 e. The van der Waals surface area contributed by atoms with Crippen LogP contribution in [0.3, 0.4) is 0 Å². The highest BCUT2D eigenvalue weighted by Crippen LogP contribution is 2.31. The van der Waals surface area contributed by atoms with Crippen LogP contribution in [0.4, 0.5) is 0 Å². The number of aliphatic hydroxyl groups excluding tert-OH is 1. The van der Waals surface area contributed by atoms with Crippen LogP contribution in [0.15, 0.2) is 24.3 Å². The second kappa shape index (κ2) is 8.21. The average Bonchev–Trinajstić information content (AvgIpc) is 2.40. The second-order valence-electron chi connectivity index (χ2n) is 6.04. The Labute approximate surface area is 123 Å². The number of ketones is 1. The molecule has 0 radical (unpaired) electrons. The zero-order valence-electron chi connectivity index (χ0n) is 13.2. The van der Waals surface area contributed by atoms with Gasteiger partial charge in [-0.05, 0) is 44.6 Å². The second-order valence-corrected chi connectivity index (χ2v) is 6.04. The van der Waals surface area contributed by atoms with Gasteiger partial charge >= 0.3 is 0 Å². The van der Waals surface area contributed by atoms with Crippen LogP contribution in [-0.2, 0) is 0 Å². The third-order valence-electron chi connectivity index (χ3n) is 4.32. The van der Waals surface area contributed by atoms with Gasteiger partial charge in [0.15, 0.2) is 5.78 Å². The Bertz CT molecular complexity index is 423. The molecule has 0 aromatic heterocycles. The number of aryl methyl sites for hydroxylation is 1. The first kappa shape index (κ1) is 16.9. The Morgan fingerprint density at radius 2 is 1.85 bits per heavy atom. The summed E-state index contributed by atoms with van der Waals surface area (Å²) in [5, 5.41) is 9.35. The number of carbonyl (C=O) groups is 1. The Hall–Kier alpha value is -1.15. The maximum atomic E-state index is 10.9. The van der Waals surface area contributed by atoms with Crippen molar-refractivity contribution in [2.45, 2.75) is 59.5 Å². The summed E-state index contributed by atoms with van der Waals surface area (Å²) in [5.41, 5.74) is 1.87. The first-order valence-electron chi connectivity index (χ1n) is 7.68. The molecule has 20 heavy (non-hydrogen) atoms. The topological polar surface area (TPSA) is 37.3 Å². The minimum Gasteiger partial charge on any atom is -0.393 e. The maximum Gasteiger partial charge on any atom is 0.160 e. The molecule has 1 N–H and O–H groups in total. The Morgan fingerprint density at radius 1 is 1.25 bits per heavy atom. The van der Waals surface area contributed by atoms with E-state index in [9.17, 15) is 9.90 Å². The lowest BCUT2D eigenvalue weighted by Gasteiger charge is -2.30. The molecule has 0 aliphatic heterocycles. The fourth-order valence-electron chi connectivity index (χ4n) is 3.03. The summed E-state index contributed by atoms with van der Waals surface area (Å²) in [4.78, 5) is 10.9. The molecule has 3 atom stereocenters. The minimum atomic E-state index is -0.0877. The van der Waals surface area contributed by atoms with Crippen molar-refractivity contribution in [2.24, 2.45) is 11.8 Å². The van der Waals surface area contributed by atoms with E-state index in [0.717, 1.165) is 17.0 Å². The lowest BCUT2D eigenvalue weighted by Crippen LogP contribution is -2.26. The normalized spacial score (nSPS) is 23.4. The monoisotopic (exact) mass is 276 g/mol. The molecule has 1 aromatic carbocycles. The summed E-state index contributed by atoms with van der Waals surface area (Å²) < 4.78 is 0. The highest BCUT2D eigenvalue weighted by molar-refractivity contribution is 5.95. The molecule has 0 spiro atoms. The van der Waals surface area contributed by atoms with Gasteiger partial charge in [-0.1, -0.05) is 50.5 Å². The molecule has 1 aliphatic rings. The average molecular weight is 276 g/mol. The lowest BCUT2D eigenvalue weighted by molar-refractivity contribution is 0.0678. The van der Waals surface area contributed by atoms with E-state index in [4.69, 9.17) is 0 Å². The van der Waals surface area contributed by atoms with E-state index in [-0.39, 0.29) is 11.9 Å². The molecule has 0 heterocycles. The van der Waals surface area contributed by atoms with Gasteiger partial charge < -0.3 is 5.11 Å². The summed E-state index contributed by atoms with van der Waals surface area (Å²) in [7, 11) is 0. The maximum absolute atomic E-state index is 10.9. The van der Waals surface area contributed by atoms with E-state index in [2.05, 4.69) is 6.92 Å². The van der Waals surface area contributed by atoms with Gasteiger partial charge in [0, 0.05) is 5.56 Å². The molecule has 1 aliphatic carbocycles. The number of hydrogen-bond donors (Lipinski definition) is 1. The smallest absolute Gasteiger partial charge is 0.160 e. The van der Waals surface area contributed by atoms with Crippen LogP contribution < -0.4 is 0 Å². The van der Waals surface area contributed by atoms with Gasteiger partial charge in [-0.15, -0.1) is 0 Å². The van der Waals surface area contributed by atoms with Gasteiger partial charge in [-0.2, -0.15) is 0 Å². The van der Waals surface area contributed by atoms with E-state index in [0.29, 0.717) is 5.92 Å². The van der Waals surface area contributed by atoms with E-state index >= 15 is 0 Å². The summed E-state index contributed by atoms with van der Waals surface area (Å²) in [5.74, 6) is 1.46. The molecule has 2 heteroatoms. The first-order valence-corrected chi connectivity index (χ1v) is 7.68. The van der Waals surface area contributed by atoms with E-state index in [1.165, 1.54) is 25.7 Å². The molecule has 3 unspecified atom stereocenters. The number of aliphatic hydroxyl groups is 1. The quantitative estimate of drug-likeness (QED) is 0.813. The molecule has 0 saturated heterocycles. The van der Waals surface area contributed by atoms with Crippen molar-refractivity contribution in [2.75, 3.05) is 0 Å². The highest BCUT2D eigenvalue weighted by Gasteiger charge is 2.24. The summed E-state index contributed by atoms with van der Waals surface area (Å²) in [6.45, 7) is 7.71. The standard InChI is InChI=1S/C9H18O.C9H10O/c2*1-7-5-3-4-6-9(7)8(2)10/h7-10H,3-6H2,1-2H3;3-6H,1-2H3. The van der Waals surface area contributed by atoms with Crippen molar-refractivity contribution in [3.05, 3.63) is 35.4 Å². The number of hydrogen-bond acceptors (Lipinski definition) is 2. The van der Waals surface area contributed by atoms with Crippen LogP contribution in [0, 0.1) is 18.8 Å². The Balaban J connectivity index is 0.000000200. The van der Waals surface area contributed by atoms with Crippen LogP contribution in [0.1, 0.15) is 62.4 Å². The first-order chi connectivity index (χ1) is 9.43. The zero-order chi connectivity index (χ0) is 15.1. The van der Waals surface area contributed by atoms with Gasteiger partial charge in [-0.3, -0.25) is 4.79 Å². The van der Waals surface area contributed by atoms with Gasteiger partial charge in [0.2, 0.25) is 0 Å². The SMILES string of the molecule is CC(=O)c1ccccc1C.CC(O)C1CCCCC1C. The van der Waals surface area contributed by atoms with Crippen molar-refractivity contribution in [1.29, 1.82) is 0 Å². The van der Waals surface area contributed by atoms with Crippen molar-refractivity contribution < 1.29 is 9.90 Å². The van der Waals surface area contributed by atoms with Crippen LogP contribution in [0.25, 0.3) is 0 Å². The highest BCUT2D eigenvalue weighted by atomic mass is 16.3. The number of Topliss-reactive ketones (excluding diaryl/α,β-unsaturated/α-hetero) is 1. The molecular weight excluding hydrogens is 248 g/mol. The van der Waals surface area contributed by atoms with Crippen LogP contribution in [0.2, 0.25) is 0 Å². The zero-order valence-corrected chi connectivity index (χ0v) is 13.2. The molecule has 1 fully saturated rings. The third-order valence-corrected chi connectivity index (χ3v) is 4.32. The number of carbonyl (C=O) groups excluding carboxylic acids is 1. The predicted molar refractivity (Wildman–Crippen MR) is 84.0 cm³/mol. The Morgan fingerprint density at radius 3 is 2.25 bits per heavy atom. The van der Waals surface area contributed by atoms with E-state index in [1.807, 2.05) is 38.1 Å². The van der Waals surface area contributed by atoms with Crippen LogP contribution >= 0.6 is 0 Å². The van der Waals surface area contributed by atoms with Crippen molar-refractivity contribution in [3.8, 4) is 0 Å². The number of benzene rings is 1. The van der Waals surface area contributed by atoms with E-state index < -0.39 is 0 Å². The van der Waals surface area contributed by atoms with Crippen LogP contribution in [0.5, 0.6) is 0 Å². The molecular formula is C18H28O2. The summed E-state index contributed by atoms with van der Waals surface area (Å²) >= 11 is 0. The van der Waals surface area contributed by atoms with Gasteiger partial charge in [0.05, 0.1) is 6.10 Å². The summed E-state index contributed by atoms with van der Waals surface area (Å²) in [6.07, 6.45) is 5.15. The summed E-state index contributed by atoms with van der Waals surface area (Å²) in [6, 6.07) is 7.60. The molecule has 0 amide bonds. The van der Waals surface area contributed by atoms with Gasteiger partial charge in [0.25, 0.3) is 0 Å².